The molecule has 1 aliphatic heterocycles. The zero-order valence-corrected chi connectivity index (χ0v) is 18.6. The maximum absolute atomic E-state index is 10.3. The molecular weight excluding hydrogens is 342 g/mol. The molecule has 156 valence electrons. The molecule has 5 rings (SSSR count). The molecular formula is C26H41NO. The van der Waals surface area contributed by atoms with Crippen molar-refractivity contribution in [1.29, 1.82) is 0 Å². The van der Waals surface area contributed by atoms with Crippen molar-refractivity contribution in [3.05, 3.63) is 22.8 Å². The average molecular weight is 384 g/mol. The molecule has 1 saturated heterocycles. The van der Waals surface area contributed by atoms with E-state index in [0.717, 1.165) is 42.4 Å². The van der Waals surface area contributed by atoms with Gasteiger partial charge >= 0.3 is 0 Å². The molecule has 1 heterocycles. The summed E-state index contributed by atoms with van der Waals surface area (Å²) in [7, 11) is 0. The van der Waals surface area contributed by atoms with Crippen molar-refractivity contribution in [1.82, 2.24) is 5.32 Å². The zero-order chi connectivity index (χ0) is 19.7. The van der Waals surface area contributed by atoms with E-state index in [4.69, 9.17) is 0 Å². The molecule has 2 N–H and O–H groups in total. The van der Waals surface area contributed by atoms with Gasteiger partial charge in [-0.2, -0.15) is 0 Å². The predicted octanol–water partition coefficient (Wildman–Crippen LogP) is 5.48. The van der Waals surface area contributed by atoms with Crippen LogP contribution in [0.15, 0.2) is 22.8 Å². The standard InChI is InChI=1S/C26H41NO/c1-5-17-13-19-14-20(28)6-9-25(19,3)21-7-10-26(4)22(23(17)21)12-16(2)24(26)18-8-11-27-15-18/h13,17-18,20-23,27-28H,5-12,14-15H2,1-4H3/t17-,18?,20-,21-,22-,23+,25-,26-/m0/s1. The first-order valence-corrected chi connectivity index (χ1v) is 12.2. The highest BCUT2D eigenvalue weighted by Gasteiger charge is 2.60. The van der Waals surface area contributed by atoms with Crippen molar-refractivity contribution in [2.45, 2.75) is 85.2 Å². The summed E-state index contributed by atoms with van der Waals surface area (Å²) in [6.07, 6.45) is 12.5. The average Bonchev–Trinajstić information content (AvgIpc) is 3.26. The Bertz CT molecular complexity index is 701. The maximum atomic E-state index is 10.3. The summed E-state index contributed by atoms with van der Waals surface area (Å²) in [6.45, 7) is 12.5. The molecule has 0 radical (unpaired) electrons. The van der Waals surface area contributed by atoms with E-state index in [2.05, 4.69) is 39.1 Å². The fraction of sp³-hybridized carbons (Fsp3) is 0.846. The largest absolute Gasteiger partial charge is 0.393 e. The minimum atomic E-state index is -0.0981. The van der Waals surface area contributed by atoms with Gasteiger partial charge in [-0.05, 0) is 105 Å². The molecule has 1 unspecified atom stereocenters. The molecule has 0 amide bonds. The van der Waals surface area contributed by atoms with Crippen LogP contribution in [0.5, 0.6) is 0 Å². The molecule has 0 aromatic heterocycles. The summed E-state index contributed by atoms with van der Waals surface area (Å²) >= 11 is 0. The van der Waals surface area contributed by atoms with Gasteiger partial charge in [-0.25, -0.2) is 0 Å². The number of fused-ring (bicyclic) bond motifs is 5. The highest BCUT2D eigenvalue weighted by atomic mass is 16.3. The van der Waals surface area contributed by atoms with Crippen molar-refractivity contribution in [2.24, 2.45) is 40.4 Å². The van der Waals surface area contributed by atoms with E-state index in [-0.39, 0.29) is 6.10 Å². The van der Waals surface area contributed by atoms with E-state index < -0.39 is 0 Å². The van der Waals surface area contributed by atoms with Crippen LogP contribution in [0.4, 0.5) is 0 Å². The molecule has 4 aliphatic carbocycles. The SMILES string of the molecule is CC[C@H]1C=C2C[C@@H](O)CC[C@]2(C)[C@H]2CC[C@]3(C)C(C4CCNC4)=C(C)C[C@H]3[C@H]12. The van der Waals surface area contributed by atoms with E-state index in [1.807, 2.05) is 5.57 Å². The quantitative estimate of drug-likeness (QED) is 0.619. The minimum absolute atomic E-state index is 0.0981. The Kier molecular flexibility index (Phi) is 4.64. The van der Waals surface area contributed by atoms with Crippen LogP contribution in [0.2, 0.25) is 0 Å². The number of nitrogens with one attached hydrogen (secondary N) is 1. The van der Waals surface area contributed by atoms with Gasteiger partial charge in [0.1, 0.15) is 0 Å². The van der Waals surface area contributed by atoms with Gasteiger partial charge < -0.3 is 10.4 Å². The van der Waals surface area contributed by atoms with Crippen molar-refractivity contribution in [2.75, 3.05) is 13.1 Å². The van der Waals surface area contributed by atoms with E-state index in [0.29, 0.717) is 10.8 Å². The van der Waals surface area contributed by atoms with Crippen LogP contribution < -0.4 is 5.32 Å². The Morgan fingerprint density at radius 3 is 2.57 bits per heavy atom. The van der Waals surface area contributed by atoms with Gasteiger partial charge in [0, 0.05) is 6.54 Å². The Hall–Kier alpha value is -0.600. The summed E-state index contributed by atoms with van der Waals surface area (Å²) < 4.78 is 0. The Labute approximate surface area is 172 Å². The maximum Gasteiger partial charge on any atom is 0.0577 e. The van der Waals surface area contributed by atoms with Crippen LogP contribution in [-0.4, -0.2) is 24.3 Å². The molecule has 5 aliphatic rings. The summed E-state index contributed by atoms with van der Waals surface area (Å²) in [5.41, 5.74) is 6.02. The van der Waals surface area contributed by atoms with E-state index in [1.54, 1.807) is 11.1 Å². The third-order valence-corrected chi connectivity index (χ3v) is 10.2. The molecule has 0 spiro atoms. The highest BCUT2D eigenvalue weighted by molar-refractivity contribution is 5.36. The fourth-order valence-electron chi connectivity index (χ4n) is 8.87. The molecule has 2 nitrogen and oxygen atoms in total. The van der Waals surface area contributed by atoms with Crippen molar-refractivity contribution in [3.8, 4) is 0 Å². The molecule has 3 fully saturated rings. The molecule has 0 aromatic rings. The Morgan fingerprint density at radius 1 is 1.07 bits per heavy atom. The monoisotopic (exact) mass is 383 g/mol. The number of aliphatic hydroxyl groups is 1. The van der Waals surface area contributed by atoms with Crippen molar-refractivity contribution in [3.63, 3.8) is 0 Å². The highest BCUT2D eigenvalue weighted by Crippen LogP contribution is 2.68. The van der Waals surface area contributed by atoms with Crippen LogP contribution >= 0.6 is 0 Å². The molecule has 0 aromatic carbocycles. The zero-order valence-electron chi connectivity index (χ0n) is 18.6. The van der Waals surface area contributed by atoms with Crippen molar-refractivity contribution < 1.29 is 5.11 Å². The Balaban J connectivity index is 1.53. The van der Waals surface area contributed by atoms with E-state index in [9.17, 15) is 5.11 Å². The van der Waals surface area contributed by atoms with Gasteiger partial charge in [-0.15, -0.1) is 0 Å². The summed E-state index contributed by atoms with van der Waals surface area (Å²) in [5.74, 6) is 4.03. The minimum Gasteiger partial charge on any atom is -0.393 e. The van der Waals surface area contributed by atoms with Gasteiger partial charge in [0.25, 0.3) is 0 Å². The molecule has 8 atom stereocenters. The van der Waals surface area contributed by atoms with Crippen LogP contribution in [0, 0.1) is 40.4 Å². The first-order valence-electron chi connectivity index (χ1n) is 12.2. The predicted molar refractivity (Wildman–Crippen MR) is 116 cm³/mol. The topological polar surface area (TPSA) is 32.3 Å². The lowest BCUT2D eigenvalue weighted by atomic mass is 9.45. The Morgan fingerprint density at radius 2 is 1.86 bits per heavy atom. The third-order valence-electron chi connectivity index (χ3n) is 10.2. The molecule has 0 bridgehead atoms. The lowest BCUT2D eigenvalue weighted by Gasteiger charge is -2.60. The molecule has 2 saturated carbocycles. The number of allylic oxidation sites excluding steroid dienone is 2. The van der Waals surface area contributed by atoms with Gasteiger partial charge in [0.05, 0.1) is 6.10 Å². The summed E-state index contributed by atoms with van der Waals surface area (Å²) in [4.78, 5) is 0. The van der Waals surface area contributed by atoms with E-state index >= 15 is 0 Å². The third kappa shape index (κ3) is 2.59. The van der Waals surface area contributed by atoms with Crippen LogP contribution in [0.1, 0.15) is 79.1 Å². The van der Waals surface area contributed by atoms with Gasteiger partial charge in [-0.1, -0.05) is 43.6 Å². The molecule has 2 heteroatoms. The first-order chi connectivity index (χ1) is 13.4. The van der Waals surface area contributed by atoms with E-state index in [1.165, 1.54) is 51.6 Å². The van der Waals surface area contributed by atoms with Crippen LogP contribution in [0.25, 0.3) is 0 Å². The second-order valence-electron chi connectivity index (χ2n) is 11.4. The van der Waals surface area contributed by atoms with Gasteiger partial charge in [0.15, 0.2) is 0 Å². The molecule has 28 heavy (non-hydrogen) atoms. The van der Waals surface area contributed by atoms with Crippen LogP contribution in [0.3, 0.4) is 0 Å². The summed E-state index contributed by atoms with van der Waals surface area (Å²) in [5, 5.41) is 14.0. The van der Waals surface area contributed by atoms with Crippen molar-refractivity contribution >= 4 is 0 Å². The number of hydrogen-bond acceptors (Lipinski definition) is 2. The second-order valence-corrected chi connectivity index (χ2v) is 11.4. The van der Waals surface area contributed by atoms with Gasteiger partial charge in [0.2, 0.25) is 0 Å². The van der Waals surface area contributed by atoms with Gasteiger partial charge in [-0.3, -0.25) is 0 Å². The number of hydrogen-bond donors (Lipinski definition) is 2. The summed E-state index contributed by atoms with van der Waals surface area (Å²) in [6, 6.07) is 0. The number of aliphatic hydroxyl groups excluding tert-OH is 1. The number of rotatable bonds is 2. The lowest BCUT2D eigenvalue weighted by molar-refractivity contribution is -0.0537. The normalized spacial score (nSPS) is 50.8. The second kappa shape index (κ2) is 6.71. The van der Waals surface area contributed by atoms with Crippen LogP contribution in [-0.2, 0) is 0 Å². The first kappa shape index (κ1) is 19.4. The fourth-order valence-corrected chi connectivity index (χ4v) is 8.87. The lowest BCUT2D eigenvalue weighted by Crippen LogP contribution is -2.53. The smallest absolute Gasteiger partial charge is 0.0577 e.